The van der Waals surface area contributed by atoms with Crippen LogP contribution in [-0.2, 0) is 21.2 Å². The Morgan fingerprint density at radius 1 is 1.24 bits per heavy atom. The molecule has 6 nitrogen and oxygen atoms in total. The van der Waals surface area contributed by atoms with Gasteiger partial charge in [0.2, 0.25) is 15.9 Å². The molecule has 1 amide bonds. The van der Waals surface area contributed by atoms with Gasteiger partial charge in [0.15, 0.2) is 0 Å². The Labute approximate surface area is 175 Å². The zero-order valence-corrected chi connectivity index (χ0v) is 18.1. The van der Waals surface area contributed by atoms with Crippen molar-refractivity contribution in [3.05, 3.63) is 58.9 Å². The molecule has 1 N–H and O–H groups in total. The number of nitrogens with zero attached hydrogens (tertiary/aromatic N) is 1. The maximum absolute atomic E-state index is 12.9. The second-order valence-corrected chi connectivity index (χ2v) is 8.84. The molecule has 0 fully saturated rings. The number of anilines is 1. The number of halogens is 2. The number of carbonyl (C=O) groups is 1. The molecule has 2 aromatic carbocycles. The van der Waals surface area contributed by atoms with E-state index < -0.39 is 22.0 Å². The smallest absolute Gasteiger partial charge is 0.243 e. The monoisotopic (exact) mass is 442 g/mol. The molecule has 0 aromatic heterocycles. The number of methoxy groups -OCH3 is 1. The average Bonchev–Trinajstić information content (AvgIpc) is 2.65. The van der Waals surface area contributed by atoms with Gasteiger partial charge < -0.3 is 10.1 Å². The molecule has 0 saturated heterocycles. The molecule has 0 aliphatic rings. The molecule has 0 aliphatic heterocycles. The molecule has 0 radical (unpaired) electrons. The molecule has 0 aliphatic carbocycles. The van der Waals surface area contributed by atoms with Crippen molar-refractivity contribution in [2.24, 2.45) is 0 Å². The summed E-state index contributed by atoms with van der Waals surface area (Å²) in [6.07, 6.45) is 2.33. The van der Waals surface area contributed by atoms with E-state index in [-0.39, 0.29) is 16.5 Å². The van der Waals surface area contributed by atoms with Crippen LogP contribution in [-0.4, -0.2) is 40.3 Å². The van der Waals surface area contributed by atoms with Crippen molar-refractivity contribution in [3.8, 4) is 5.75 Å². The molecule has 0 spiro atoms. The number of sulfonamides is 1. The second kappa shape index (κ2) is 9.93. The third-order valence-electron chi connectivity index (χ3n) is 4.33. The van der Waals surface area contributed by atoms with Gasteiger partial charge in [0.25, 0.3) is 0 Å². The summed E-state index contributed by atoms with van der Waals surface area (Å²) in [7, 11) is -2.28. The molecule has 0 bridgehead atoms. The van der Waals surface area contributed by atoms with Crippen molar-refractivity contribution >= 4 is 33.2 Å². The fraction of sp³-hybridized carbons (Fsp3) is 0.350. The maximum atomic E-state index is 12.9. The van der Waals surface area contributed by atoms with Crippen LogP contribution in [0.3, 0.4) is 0 Å². The number of rotatable bonds is 9. The number of hydrogen-bond acceptors (Lipinski definition) is 4. The predicted octanol–water partition coefficient (Wildman–Crippen LogP) is 3.39. The minimum Gasteiger partial charge on any atom is -0.495 e. The predicted molar refractivity (Wildman–Crippen MR) is 113 cm³/mol. The van der Waals surface area contributed by atoms with Crippen molar-refractivity contribution in [1.29, 1.82) is 0 Å². The van der Waals surface area contributed by atoms with Gasteiger partial charge >= 0.3 is 0 Å². The Morgan fingerprint density at radius 2 is 1.90 bits per heavy atom. The lowest BCUT2D eigenvalue weighted by atomic mass is 10.1. The normalized spacial score (nSPS) is 12.3. The number of nitrogens with one attached hydrogen (secondary N) is 1. The van der Waals surface area contributed by atoms with E-state index >= 15 is 0 Å². The van der Waals surface area contributed by atoms with E-state index in [1.165, 1.54) is 38.3 Å². The SMILES string of the molecule is COc1ccc(N(C(C)C(=O)NCCCc2ccc(F)cc2)S(C)(=O)=O)cc1Cl. The van der Waals surface area contributed by atoms with Crippen LogP contribution in [0.1, 0.15) is 18.9 Å². The quantitative estimate of drug-likeness (QED) is 0.604. The minimum absolute atomic E-state index is 0.241. The van der Waals surface area contributed by atoms with Crippen molar-refractivity contribution < 1.29 is 22.3 Å². The highest BCUT2D eigenvalue weighted by atomic mass is 35.5. The zero-order valence-electron chi connectivity index (χ0n) is 16.5. The van der Waals surface area contributed by atoms with Crippen molar-refractivity contribution in [2.45, 2.75) is 25.8 Å². The van der Waals surface area contributed by atoms with Gasteiger partial charge in [-0.05, 0) is 55.7 Å². The molecule has 9 heteroatoms. The Balaban J connectivity index is 2.03. The maximum Gasteiger partial charge on any atom is 0.243 e. The lowest BCUT2D eigenvalue weighted by Gasteiger charge is -2.28. The summed E-state index contributed by atoms with van der Waals surface area (Å²) in [6, 6.07) is 9.71. The second-order valence-electron chi connectivity index (χ2n) is 6.57. The molecule has 0 heterocycles. The first-order chi connectivity index (χ1) is 13.6. The largest absolute Gasteiger partial charge is 0.495 e. The Morgan fingerprint density at radius 3 is 2.45 bits per heavy atom. The molecule has 0 saturated carbocycles. The van der Waals surface area contributed by atoms with Gasteiger partial charge in [-0.15, -0.1) is 0 Å². The zero-order chi connectivity index (χ0) is 21.6. The molecule has 29 heavy (non-hydrogen) atoms. The van der Waals surface area contributed by atoms with Crippen LogP contribution in [0.5, 0.6) is 5.75 Å². The summed E-state index contributed by atoms with van der Waals surface area (Å²) in [6.45, 7) is 1.87. The fourth-order valence-electron chi connectivity index (χ4n) is 2.90. The third-order valence-corrected chi connectivity index (χ3v) is 5.87. The van der Waals surface area contributed by atoms with Gasteiger partial charge in [-0.25, -0.2) is 12.8 Å². The van der Waals surface area contributed by atoms with E-state index in [1.54, 1.807) is 18.2 Å². The summed E-state index contributed by atoms with van der Waals surface area (Å²) < 4.78 is 43.7. The van der Waals surface area contributed by atoms with E-state index in [9.17, 15) is 17.6 Å². The number of hydrogen-bond donors (Lipinski definition) is 1. The van der Waals surface area contributed by atoms with Gasteiger partial charge in [-0.2, -0.15) is 0 Å². The number of aryl methyl sites for hydroxylation is 1. The van der Waals surface area contributed by atoms with E-state index in [1.807, 2.05) is 0 Å². The summed E-state index contributed by atoms with van der Waals surface area (Å²) in [4.78, 5) is 12.5. The van der Waals surface area contributed by atoms with Crippen LogP contribution >= 0.6 is 11.6 Å². The van der Waals surface area contributed by atoms with Crippen LogP contribution in [0, 0.1) is 5.82 Å². The molecular formula is C20H24ClFN2O4S. The molecule has 158 valence electrons. The van der Waals surface area contributed by atoms with Crippen LogP contribution in [0.2, 0.25) is 5.02 Å². The standard InChI is InChI=1S/C20H24ClFN2O4S/c1-14(20(25)23-12-4-5-15-6-8-16(22)9-7-15)24(29(3,26)27)17-10-11-19(28-2)18(21)13-17/h6-11,13-14H,4-5,12H2,1-3H3,(H,23,25). The molecular weight excluding hydrogens is 419 g/mol. The van der Waals surface area contributed by atoms with Gasteiger partial charge in [0, 0.05) is 6.54 Å². The van der Waals surface area contributed by atoms with Gasteiger partial charge in [-0.3, -0.25) is 9.10 Å². The first kappa shape index (κ1) is 23.0. The highest BCUT2D eigenvalue weighted by Crippen LogP contribution is 2.31. The van der Waals surface area contributed by atoms with Crippen molar-refractivity contribution in [1.82, 2.24) is 5.32 Å². The third kappa shape index (κ3) is 6.33. The fourth-order valence-corrected chi connectivity index (χ4v) is 4.32. The van der Waals surface area contributed by atoms with Crippen LogP contribution in [0.15, 0.2) is 42.5 Å². The first-order valence-electron chi connectivity index (χ1n) is 8.98. The average molecular weight is 443 g/mol. The first-order valence-corrected chi connectivity index (χ1v) is 11.2. The Hall–Kier alpha value is -2.32. The summed E-state index contributed by atoms with van der Waals surface area (Å²) in [5.41, 5.74) is 1.23. The number of ether oxygens (including phenoxy) is 1. The van der Waals surface area contributed by atoms with Crippen LogP contribution < -0.4 is 14.4 Å². The highest BCUT2D eigenvalue weighted by Gasteiger charge is 2.29. The van der Waals surface area contributed by atoms with Crippen molar-refractivity contribution in [3.63, 3.8) is 0 Å². The topological polar surface area (TPSA) is 75.7 Å². The summed E-state index contributed by atoms with van der Waals surface area (Å²) in [5.74, 6) is -0.321. The van der Waals surface area contributed by atoms with Gasteiger partial charge in [0.1, 0.15) is 17.6 Å². The summed E-state index contributed by atoms with van der Waals surface area (Å²) in [5, 5.41) is 2.99. The van der Waals surface area contributed by atoms with E-state index in [4.69, 9.17) is 16.3 Å². The van der Waals surface area contributed by atoms with Gasteiger partial charge in [0.05, 0.1) is 24.1 Å². The van der Waals surface area contributed by atoms with Crippen LogP contribution in [0.25, 0.3) is 0 Å². The molecule has 2 rings (SSSR count). The van der Waals surface area contributed by atoms with Gasteiger partial charge in [-0.1, -0.05) is 23.7 Å². The molecule has 1 unspecified atom stereocenters. The molecule has 1 atom stereocenters. The van der Waals surface area contributed by atoms with E-state index in [0.717, 1.165) is 16.1 Å². The lowest BCUT2D eigenvalue weighted by Crippen LogP contribution is -2.48. The minimum atomic E-state index is -3.74. The van der Waals surface area contributed by atoms with Crippen molar-refractivity contribution in [2.75, 3.05) is 24.2 Å². The highest BCUT2D eigenvalue weighted by molar-refractivity contribution is 7.92. The number of benzene rings is 2. The van der Waals surface area contributed by atoms with Crippen LogP contribution in [0.4, 0.5) is 10.1 Å². The Bertz CT molecular complexity index is 951. The van der Waals surface area contributed by atoms with E-state index in [0.29, 0.717) is 25.1 Å². The number of carbonyl (C=O) groups excluding carboxylic acids is 1. The number of amides is 1. The Kier molecular flexibility index (Phi) is 7.87. The lowest BCUT2D eigenvalue weighted by molar-refractivity contribution is -0.121. The van der Waals surface area contributed by atoms with E-state index in [2.05, 4.69) is 5.32 Å². The molecule has 2 aromatic rings. The summed E-state index contributed by atoms with van der Waals surface area (Å²) >= 11 is 6.11.